The van der Waals surface area contributed by atoms with E-state index in [-0.39, 0.29) is 12.2 Å². The fraction of sp³-hybridized carbons (Fsp3) is 0.222. The number of Topliss-reactive ketones (excluding diaryl/α,β-unsaturated/α-hetero) is 1. The van der Waals surface area contributed by atoms with E-state index in [1.807, 2.05) is 6.07 Å². The lowest BCUT2D eigenvalue weighted by Crippen LogP contribution is -2.01. The Kier molecular flexibility index (Phi) is 2.54. The summed E-state index contributed by atoms with van der Waals surface area (Å²) in [6, 6.07) is 5.19. The minimum atomic E-state index is -0.164. The van der Waals surface area contributed by atoms with Crippen LogP contribution in [0.25, 0.3) is 0 Å². The molecule has 1 aromatic rings. The van der Waals surface area contributed by atoms with Crippen molar-refractivity contribution >= 4 is 5.78 Å². The molecule has 0 saturated carbocycles. The molecule has 12 heavy (non-hydrogen) atoms. The molecule has 0 saturated heterocycles. The van der Waals surface area contributed by atoms with Crippen molar-refractivity contribution in [3.63, 3.8) is 0 Å². The van der Waals surface area contributed by atoms with Gasteiger partial charge in [0, 0.05) is 17.5 Å². The van der Waals surface area contributed by atoms with E-state index in [2.05, 4.69) is 4.98 Å². The highest BCUT2D eigenvalue weighted by atomic mass is 16.1. The molecule has 0 radical (unpaired) electrons. The second kappa shape index (κ2) is 3.63. The number of pyridine rings is 1. The Morgan fingerprint density at radius 3 is 3.08 bits per heavy atom. The summed E-state index contributed by atoms with van der Waals surface area (Å²) in [6.45, 7) is 1.75. The Hall–Kier alpha value is -1.69. The van der Waals surface area contributed by atoms with E-state index in [0.29, 0.717) is 11.3 Å². The van der Waals surface area contributed by atoms with Gasteiger partial charge in [0.1, 0.15) is 0 Å². The van der Waals surface area contributed by atoms with Crippen LogP contribution in [0.4, 0.5) is 0 Å². The van der Waals surface area contributed by atoms with Gasteiger partial charge in [-0.05, 0) is 19.1 Å². The zero-order valence-corrected chi connectivity index (χ0v) is 6.74. The quantitative estimate of drug-likeness (QED) is 0.616. The summed E-state index contributed by atoms with van der Waals surface area (Å²) in [6.07, 6.45) is 1.55. The molecule has 0 fully saturated rings. The molecular weight excluding hydrogens is 152 g/mol. The normalized spacial score (nSPS) is 9.00. The zero-order valence-electron chi connectivity index (χ0n) is 6.74. The first-order chi connectivity index (χ1) is 5.75. The Balaban J connectivity index is 2.97. The molecule has 0 N–H and O–H groups in total. The van der Waals surface area contributed by atoms with Crippen LogP contribution in [0.5, 0.6) is 0 Å². The van der Waals surface area contributed by atoms with Gasteiger partial charge in [-0.1, -0.05) is 0 Å². The van der Waals surface area contributed by atoms with Gasteiger partial charge in [0.25, 0.3) is 0 Å². The smallest absolute Gasteiger partial charge is 0.178 e. The van der Waals surface area contributed by atoms with Crippen LogP contribution >= 0.6 is 0 Å². The van der Waals surface area contributed by atoms with Crippen molar-refractivity contribution in [2.45, 2.75) is 13.3 Å². The number of carbonyl (C=O) groups excluding carboxylic acids is 1. The summed E-state index contributed by atoms with van der Waals surface area (Å²) in [5.74, 6) is -0.164. The first-order valence-electron chi connectivity index (χ1n) is 3.57. The number of hydrogen-bond acceptors (Lipinski definition) is 3. The van der Waals surface area contributed by atoms with Gasteiger partial charge in [0.05, 0.1) is 12.5 Å². The third-order valence-corrected chi connectivity index (χ3v) is 1.55. The van der Waals surface area contributed by atoms with E-state index in [1.165, 1.54) is 0 Å². The number of nitrogens with zero attached hydrogens (tertiary/aromatic N) is 2. The number of rotatable bonds is 2. The van der Waals surface area contributed by atoms with Crippen LogP contribution < -0.4 is 0 Å². The van der Waals surface area contributed by atoms with Crippen molar-refractivity contribution in [1.29, 1.82) is 5.26 Å². The maximum Gasteiger partial charge on any atom is 0.178 e. The molecule has 0 atom stereocenters. The molecule has 1 heterocycles. The van der Waals surface area contributed by atoms with Gasteiger partial charge in [0.15, 0.2) is 5.78 Å². The number of aromatic nitrogens is 1. The Bertz CT molecular complexity index is 339. The van der Waals surface area contributed by atoms with Gasteiger partial charge >= 0.3 is 0 Å². The minimum Gasteiger partial charge on any atom is -0.293 e. The lowest BCUT2D eigenvalue weighted by molar-refractivity contribution is 0.0997. The van der Waals surface area contributed by atoms with Crippen molar-refractivity contribution in [2.75, 3.05) is 0 Å². The van der Waals surface area contributed by atoms with E-state index < -0.39 is 0 Å². The molecule has 0 aromatic carbocycles. The van der Waals surface area contributed by atoms with E-state index >= 15 is 0 Å². The Morgan fingerprint density at radius 2 is 2.50 bits per heavy atom. The van der Waals surface area contributed by atoms with E-state index in [1.54, 1.807) is 25.3 Å². The lowest BCUT2D eigenvalue weighted by Gasteiger charge is -1.98. The molecule has 60 valence electrons. The maximum atomic E-state index is 11.2. The fourth-order valence-corrected chi connectivity index (χ4v) is 0.946. The SMILES string of the molecule is Cc1ncccc1C(=O)CC#N. The summed E-state index contributed by atoms with van der Waals surface area (Å²) in [4.78, 5) is 15.2. The Morgan fingerprint density at radius 1 is 1.75 bits per heavy atom. The highest BCUT2D eigenvalue weighted by Gasteiger charge is 2.07. The topological polar surface area (TPSA) is 53.8 Å². The largest absolute Gasteiger partial charge is 0.293 e. The number of ketones is 1. The monoisotopic (exact) mass is 160 g/mol. The number of nitriles is 1. The van der Waals surface area contributed by atoms with Gasteiger partial charge in [-0.25, -0.2) is 0 Å². The van der Waals surface area contributed by atoms with Crippen LogP contribution in [0.2, 0.25) is 0 Å². The lowest BCUT2D eigenvalue weighted by atomic mass is 10.1. The highest BCUT2D eigenvalue weighted by Crippen LogP contribution is 2.05. The predicted octanol–water partition coefficient (Wildman–Crippen LogP) is 1.49. The van der Waals surface area contributed by atoms with Crippen LogP contribution in [0.15, 0.2) is 18.3 Å². The predicted molar refractivity (Wildman–Crippen MR) is 43.5 cm³/mol. The summed E-state index contributed by atoms with van der Waals surface area (Å²) < 4.78 is 0. The molecule has 1 rings (SSSR count). The molecule has 0 unspecified atom stereocenters. The minimum absolute atomic E-state index is 0.0769. The second-order valence-corrected chi connectivity index (χ2v) is 2.39. The fourth-order valence-electron chi connectivity index (χ4n) is 0.946. The molecule has 3 heteroatoms. The zero-order chi connectivity index (χ0) is 8.97. The van der Waals surface area contributed by atoms with Crippen LogP contribution in [0.1, 0.15) is 22.5 Å². The van der Waals surface area contributed by atoms with Crippen LogP contribution in [-0.2, 0) is 0 Å². The van der Waals surface area contributed by atoms with Gasteiger partial charge in [-0.2, -0.15) is 5.26 Å². The molecule has 0 amide bonds. The average Bonchev–Trinajstić information content (AvgIpc) is 2.05. The van der Waals surface area contributed by atoms with E-state index in [4.69, 9.17) is 5.26 Å². The number of hydrogen-bond donors (Lipinski definition) is 0. The average molecular weight is 160 g/mol. The van der Waals surface area contributed by atoms with Gasteiger partial charge in [-0.15, -0.1) is 0 Å². The summed E-state index contributed by atoms with van der Waals surface area (Å²) in [7, 11) is 0. The number of carbonyl (C=O) groups is 1. The summed E-state index contributed by atoms with van der Waals surface area (Å²) >= 11 is 0. The third kappa shape index (κ3) is 1.67. The molecule has 3 nitrogen and oxygen atoms in total. The van der Waals surface area contributed by atoms with Gasteiger partial charge < -0.3 is 0 Å². The van der Waals surface area contributed by atoms with Crippen LogP contribution in [-0.4, -0.2) is 10.8 Å². The molecule has 0 aliphatic rings. The van der Waals surface area contributed by atoms with Gasteiger partial charge in [0.2, 0.25) is 0 Å². The summed E-state index contributed by atoms with van der Waals surface area (Å²) in [5, 5.41) is 8.30. The molecular formula is C9H8N2O. The molecule has 0 aliphatic carbocycles. The molecule has 1 aromatic heterocycles. The maximum absolute atomic E-state index is 11.2. The van der Waals surface area contributed by atoms with Crippen LogP contribution in [0.3, 0.4) is 0 Å². The van der Waals surface area contributed by atoms with Gasteiger partial charge in [-0.3, -0.25) is 9.78 Å². The molecule has 0 spiro atoms. The van der Waals surface area contributed by atoms with E-state index in [9.17, 15) is 4.79 Å². The Labute approximate surface area is 70.7 Å². The highest BCUT2D eigenvalue weighted by molar-refractivity contribution is 5.98. The van der Waals surface area contributed by atoms with Crippen molar-refractivity contribution in [3.8, 4) is 6.07 Å². The van der Waals surface area contributed by atoms with Crippen molar-refractivity contribution in [2.24, 2.45) is 0 Å². The first-order valence-corrected chi connectivity index (χ1v) is 3.57. The summed E-state index contributed by atoms with van der Waals surface area (Å²) in [5.41, 5.74) is 1.22. The number of aryl methyl sites for hydroxylation is 1. The van der Waals surface area contributed by atoms with Crippen molar-refractivity contribution in [3.05, 3.63) is 29.6 Å². The van der Waals surface area contributed by atoms with E-state index in [0.717, 1.165) is 0 Å². The molecule has 0 aliphatic heterocycles. The third-order valence-electron chi connectivity index (χ3n) is 1.55. The molecule has 0 bridgehead atoms. The van der Waals surface area contributed by atoms with Crippen molar-refractivity contribution in [1.82, 2.24) is 4.98 Å². The van der Waals surface area contributed by atoms with Crippen molar-refractivity contribution < 1.29 is 4.79 Å². The standard InChI is InChI=1S/C9H8N2O/c1-7-8(3-2-6-11-7)9(12)4-5-10/h2-3,6H,4H2,1H3. The van der Waals surface area contributed by atoms with Crippen LogP contribution in [0, 0.1) is 18.3 Å². The first kappa shape index (κ1) is 8.41. The second-order valence-electron chi connectivity index (χ2n) is 2.39.